The summed E-state index contributed by atoms with van der Waals surface area (Å²) < 4.78 is 5.81. The van der Waals surface area contributed by atoms with E-state index in [-0.39, 0.29) is 30.5 Å². The first-order chi connectivity index (χ1) is 16.1. The van der Waals surface area contributed by atoms with Gasteiger partial charge in [-0.3, -0.25) is 9.59 Å². The molecule has 1 saturated heterocycles. The van der Waals surface area contributed by atoms with Gasteiger partial charge in [-0.15, -0.1) is 22.7 Å². The van der Waals surface area contributed by atoms with Crippen LogP contribution in [0.3, 0.4) is 0 Å². The lowest BCUT2D eigenvalue weighted by molar-refractivity contribution is -0.134. The third-order valence-corrected chi connectivity index (χ3v) is 8.42. The van der Waals surface area contributed by atoms with E-state index in [2.05, 4.69) is 30.5 Å². The minimum Gasteiger partial charge on any atom is -0.376 e. The highest BCUT2D eigenvalue weighted by Crippen LogP contribution is 2.39. The summed E-state index contributed by atoms with van der Waals surface area (Å²) in [7, 11) is 0. The molecular weight excluding hydrogens is 452 g/mol. The quantitative estimate of drug-likeness (QED) is 0.504. The van der Waals surface area contributed by atoms with E-state index in [0.29, 0.717) is 18.0 Å². The Hall–Kier alpha value is -2.48. The number of amides is 2. The maximum Gasteiger partial charge on any atom is 0.264 e. The molecule has 2 aromatic heterocycles. The van der Waals surface area contributed by atoms with Crippen molar-refractivity contribution < 1.29 is 14.3 Å². The third-order valence-electron chi connectivity index (χ3n) is 6.56. The second kappa shape index (κ2) is 9.79. The van der Waals surface area contributed by atoms with E-state index < -0.39 is 0 Å². The Bertz CT molecular complexity index is 1120. The number of rotatable bonds is 6. The van der Waals surface area contributed by atoms with Crippen LogP contribution in [0.2, 0.25) is 0 Å². The number of benzene rings is 1. The number of aryl methyl sites for hydroxylation is 1. The van der Waals surface area contributed by atoms with E-state index in [1.165, 1.54) is 27.3 Å². The smallest absolute Gasteiger partial charge is 0.264 e. The molecule has 2 aliphatic heterocycles. The zero-order valence-corrected chi connectivity index (χ0v) is 20.4. The van der Waals surface area contributed by atoms with Crippen LogP contribution in [0.5, 0.6) is 0 Å². The number of fused-ring (bicyclic) bond motifs is 1. The van der Waals surface area contributed by atoms with Crippen LogP contribution in [0.15, 0.2) is 53.2 Å². The van der Waals surface area contributed by atoms with Gasteiger partial charge in [0.1, 0.15) is 6.54 Å². The molecule has 1 aromatic carbocycles. The fraction of sp³-hybridized carbons (Fsp3) is 0.385. The van der Waals surface area contributed by atoms with Gasteiger partial charge >= 0.3 is 0 Å². The van der Waals surface area contributed by atoms with Crippen LogP contribution >= 0.6 is 22.7 Å². The SMILES string of the molecule is Cc1ccccc1C1c2ccsc2CCN1C(=O)CN(CC1CCCO1)C(=O)c1cccs1. The summed E-state index contributed by atoms with van der Waals surface area (Å²) in [6.45, 7) is 4.00. The number of carbonyl (C=O) groups excluding carboxylic acids is 2. The molecule has 33 heavy (non-hydrogen) atoms. The van der Waals surface area contributed by atoms with Crippen molar-refractivity contribution in [3.8, 4) is 0 Å². The van der Waals surface area contributed by atoms with Gasteiger partial charge in [0.25, 0.3) is 5.91 Å². The van der Waals surface area contributed by atoms with Gasteiger partial charge in [-0.25, -0.2) is 0 Å². The first kappa shape index (κ1) is 22.3. The lowest BCUT2D eigenvalue weighted by Gasteiger charge is -2.38. The molecule has 7 heteroatoms. The zero-order valence-electron chi connectivity index (χ0n) is 18.7. The predicted octanol–water partition coefficient (Wildman–Crippen LogP) is 4.91. The number of carbonyl (C=O) groups is 2. The molecule has 0 N–H and O–H groups in total. The Morgan fingerprint density at radius 3 is 2.73 bits per heavy atom. The molecule has 2 unspecified atom stereocenters. The highest BCUT2D eigenvalue weighted by molar-refractivity contribution is 7.12. The monoisotopic (exact) mass is 480 g/mol. The summed E-state index contributed by atoms with van der Waals surface area (Å²) in [5, 5.41) is 4.02. The summed E-state index contributed by atoms with van der Waals surface area (Å²) in [6.07, 6.45) is 2.78. The van der Waals surface area contributed by atoms with E-state index in [1.54, 1.807) is 16.2 Å². The first-order valence-electron chi connectivity index (χ1n) is 11.5. The van der Waals surface area contributed by atoms with Crippen LogP contribution in [-0.2, 0) is 16.0 Å². The molecule has 0 radical (unpaired) electrons. The minimum atomic E-state index is -0.116. The van der Waals surface area contributed by atoms with E-state index in [0.717, 1.165) is 31.4 Å². The van der Waals surface area contributed by atoms with Crippen LogP contribution < -0.4 is 0 Å². The van der Waals surface area contributed by atoms with Gasteiger partial charge in [-0.2, -0.15) is 0 Å². The number of hydrogen-bond donors (Lipinski definition) is 0. The standard InChI is InChI=1S/C26H28N2O3S2/c1-18-6-2-3-8-20(18)25-21-11-15-33-22(21)10-12-28(25)24(29)17-27(16-19-7-4-13-31-19)26(30)23-9-5-14-32-23/h2-3,5-6,8-9,11,14-15,19,25H,4,7,10,12-13,16-17H2,1H3. The Morgan fingerprint density at radius 1 is 1.09 bits per heavy atom. The van der Waals surface area contributed by atoms with Gasteiger partial charge in [0.2, 0.25) is 5.91 Å². The van der Waals surface area contributed by atoms with Gasteiger partial charge in [-0.1, -0.05) is 30.3 Å². The second-order valence-electron chi connectivity index (χ2n) is 8.69. The van der Waals surface area contributed by atoms with Crippen molar-refractivity contribution in [2.45, 2.75) is 38.3 Å². The van der Waals surface area contributed by atoms with Crippen LogP contribution in [0, 0.1) is 6.92 Å². The van der Waals surface area contributed by atoms with Crippen LogP contribution in [-0.4, -0.2) is 54.0 Å². The van der Waals surface area contributed by atoms with Gasteiger partial charge < -0.3 is 14.5 Å². The maximum absolute atomic E-state index is 13.8. The van der Waals surface area contributed by atoms with Crippen LogP contribution in [0.4, 0.5) is 0 Å². The van der Waals surface area contributed by atoms with Gasteiger partial charge in [0.05, 0.1) is 17.0 Å². The number of ether oxygens (including phenoxy) is 1. The molecule has 2 aliphatic rings. The van der Waals surface area contributed by atoms with Gasteiger partial charge in [0, 0.05) is 24.6 Å². The Kier molecular flexibility index (Phi) is 6.62. The fourth-order valence-electron chi connectivity index (χ4n) is 4.88. The lowest BCUT2D eigenvalue weighted by Crippen LogP contribution is -2.48. The van der Waals surface area contributed by atoms with Crippen molar-refractivity contribution in [2.24, 2.45) is 0 Å². The molecule has 0 bridgehead atoms. The highest BCUT2D eigenvalue weighted by atomic mass is 32.1. The summed E-state index contributed by atoms with van der Waals surface area (Å²) in [5.41, 5.74) is 3.54. The highest BCUT2D eigenvalue weighted by Gasteiger charge is 2.35. The second-order valence-corrected chi connectivity index (χ2v) is 10.6. The Morgan fingerprint density at radius 2 is 1.97 bits per heavy atom. The van der Waals surface area contributed by atoms with Crippen molar-refractivity contribution in [2.75, 3.05) is 26.2 Å². The van der Waals surface area contributed by atoms with Crippen molar-refractivity contribution in [1.82, 2.24) is 9.80 Å². The Labute approximate surface area is 202 Å². The van der Waals surface area contributed by atoms with Crippen LogP contribution in [0.1, 0.15) is 50.1 Å². The molecule has 2 atom stereocenters. The molecule has 1 fully saturated rings. The average molecular weight is 481 g/mol. The molecule has 5 nitrogen and oxygen atoms in total. The van der Waals surface area contributed by atoms with Crippen LogP contribution in [0.25, 0.3) is 0 Å². The minimum absolute atomic E-state index is 0.00120. The van der Waals surface area contributed by atoms with E-state index in [4.69, 9.17) is 4.74 Å². The number of hydrogen-bond acceptors (Lipinski definition) is 5. The summed E-state index contributed by atoms with van der Waals surface area (Å²) in [5.74, 6) is -0.0995. The predicted molar refractivity (Wildman–Crippen MR) is 132 cm³/mol. The van der Waals surface area contributed by atoms with Crippen molar-refractivity contribution in [1.29, 1.82) is 0 Å². The fourth-order valence-corrected chi connectivity index (χ4v) is 6.47. The topological polar surface area (TPSA) is 49.9 Å². The molecule has 0 saturated carbocycles. The van der Waals surface area contributed by atoms with Crippen molar-refractivity contribution >= 4 is 34.5 Å². The molecular formula is C26H28N2O3S2. The van der Waals surface area contributed by atoms with Crippen molar-refractivity contribution in [3.63, 3.8) is 0 Å². The van der Waals surface area contributed by atoms with Gasteiger partial charge in [-0.05, 0) is 65.8 Å². The third kappa shape index (κ3) is 4.63. The van der Waals surface area contributed by atoms with Gasteiger partial charge in [0.15, 0.2) is 0 Å². The molecule has 0 aliphatic carbocycles. The molecule has 172 valence electrons. The largest absolute Gasteiger partial charge is 0.376 e. The van der Waals surface area contributed by atoms with E-state index in [1.807, 2.05) is 34.5 Å². The van der Waals surface area contributed by atoms with E-state index >= 15 is 0 Å². The summed E-state index contributed by atoms with van der Waals surface area (Å²) in [4.78, 5) is 32.7. The molecule has 3 aromatic rings. The van der Waals surface area contributed by atoms with E-state index in [9.17, 15) is 9.59 Å². The number of thiophene rings is 2. The first-order valence-corrected chi connectivity index (χ1v) is 13.2. The lowest BCUT2D eigenvalue weighted by atomic mass is 9.90. The molecule has 2 amide bonds. The Balaban J connectivity index is 1.43. The summed E-state index contributed by atoms with van der Waals surface area (Å²) in [6, 6.07) is 14.0. The van der Waals surface area contributed by atoms with Crippen molar-refractivity contribution in [3.05, 3.63) is 79.7 Å². The molecule has 4 heterocycles. The average Bonchev–Trinajstić information content (AvgIpc) is 3.60. The zero-order chi connectivity index (χ0) is 22.8. The maximum atomic E-state index is 13.8. The summed E-state index contributed by atoms with van der Waals surface area (Å²) >= 11 is 3.18. The normalized spacial score (nSPS) is 20.0. The number of nitrogens with zero attached hydrogens (tertiary/aromatic N) is 2. The molecule has 0 spiro atoms. The molecule has 5 rings (SSSR count).